The van der Waals surface area contributed by atoms with Crippen LogP contribution in [0.3, 0.4) is 0 Å². The molecule has 1 saturated heterocycles. The van der Waals surface area contributed by atoms with Gasteiger partial charge in [-0.05, 0) is 25.5 Å². The minimum Gasteiger partial charge on any atom is -0.493 e. The molecule has 0 bridgehead atoms. The molecule has 0 N–H and O–H groups in total. The lowest BCUT2D eigenvalue weighted by atomic mass is 10.1. The van der Waals surface area contributed by atoms with E-state index in [0.29, 0.717) is 30.4 Å². The molecular weight excluding hydrogens is 222 g/mol. The zero-order valence-electron chi connectivity index (χ0n) is 9.72. The highest BCUT2D eigenvalue weighted by atomic mass is 16.6. The predicted octanol–water partition coefficient (Wildman–Crippen LogP) is 2.32. The van der Waals surface area contributed by atoms with E-state index in [9.17, 15) is 10.1 Å². The molecule has 1 fully saturated rings. The highest BCUT2D eigenvalue weighted by molar-refractivity contribution is 5.45. The molecule has 5 heteroatoms. The zero-order valence-corrected chi connectivity index (χ0v) is 9.72. The summed E-state index contributed by atoms with van der Waals surface area (Å²) in [5, 5.41) is 10.8. The van der Waals surface area contributed by atoms with Gasteiger partial charge in [-0.3, -0.25) is 10.1 Å². The maximum Gasteiger partial charge on any atom is 0.275 e. The Bertz CT molecular complexity index is 413. The first-order valence-electron chi connectivity index (χ1n) is 5.62. The smallest absolute Gasteiger partial charge is 0.275 e. The van der Waals surface area contributed by atoms with E-state index in [2.05, 4.69) is 0 Å². The Morgan fingerprint density at radius 1 is 1.59 bits per heavy atom. The van der Waals surface area contributed by atoms with Crippen LogP contribution in [0.4, 0.5) is 5.69 Å². The van der Waals surface area contributed by atoms with E-state index in [4.69, 9.17) is 9.47 Å². The van der Waals surface area contributed by atoms with E-state index in [1.165, 1.54) is 6.07 Å². The molecule has 17 heavy (non-hydrogen) atoms. The second kappa shape index (κ2) is 5.14. The largest absolute Gasteiger partial charge is 0.493 e. The summed E-state index contributed by atoms with van der Waals surface area (Å²) in [4.78, 5) is 10.4. The Morgan fingerprint density at radius 3 is 3.06 bits per heavy atom. The standard InChI is InChI=1S/C12H15NO4/c1-9-2-3-11(6-12(9)13(14)15)17-8-10-4-5-16-7-10/h2-3,6,10H,4-5,7-8H2,1H3. The molecule has 92 valence electrons. The Balaban J connectivity index is 2.00. The fourth-order valence-electron chi connectivity index (χ4n) is 1.80. The summed E-state index contributed by atoms with van der Waals surface area (Å²) in [7, 11) is 0. The van der Waals surface area contributed by atoms with Crippen molar-refractivity contribution in [3.8, 4) is 5.75 Å². The number of aryl methyl sites for hydroxylation is 1. The molecule has 0 radical (unpaired) electrons. The Hall–Kier alpha value is -1.62. The summed E-state index contributed by atoms with van der Waals surface area (Å²) in [6.07, 6.45) is 0.994. The molecule has 2 rings (SSSR count). The SMILES string of the molecule is Cc1ccc(OCC2CCOC2)cc1[N+](=O)[O-]. The molecule has 1 aliphatic rings. The summed E-state index contributed by atoms with van der Waals surface area (Å²) < 4.78 is 10.8. The normalized spacial score (nSPS) is 19.2. The first kappa shape index (κ1) is 11.9. The fraction of sp³-hybridized carbons (Fsp3) is 0.500. The summed E-state index contributed by atoms with van der Waals surface area (Å²) in [5.41, 5.74) is 0.747. The second-order valence-electron chi connectivity index (χ2n) is 4.25. The molecule has 0 amide bonds. The van der Waals surface area contributed by atoms with Crippen LogP contribution in [0.2, 0.25) is 0 Å². The average molecular weight is 237 g/mol. The van der Waals surface area contributed by atoms with Gasteiger partial charge in [0.25, 0.3) is 5.69 Å². The van der Waals surface area contributed by atoms with Gasteiger partial charge in [0.2, 0.25) is 0 Å². The number of rotatable bonds is 4. The van der Waals surface area contributed by atoms with Crippen molar-refractivity contribution in [3.63, 3.8) is 0 Å². The number of benzene rings is 1. The molecule has 0 spiro atoms. The third-order valence-corrected chi connectivity index (χ3v) is 2.89. The second-order valence-corrected chi connectivity index (χ2v) is 4.25. The first-order valence-corrected chi connectivity index (χ1v) is 5.62. The van der Waals surface area contributed by atoms with Crippen LogP contribution in [0.25, 0.3) is 0 Å². The lowest BCUT2D eigenvalue weighted by Crippen LogP contribution is -2.11. The number of hydrogen-bond donors (Lipinski definition) is 0. The molecule has 1 aromatic rings. The van der Waals surface area contributed by atoms with E-state index < -0.39 is 0 Å². The monoisotopic (exact) mass is 237 g/mol. The Kier molecular flexibility index (Phi) is 3.58. The van der Waals surface area contributed by atoms with Crippen LogP contribution in [0, 0.1) is 23.0 Å². The quantitative estimate of drug-likeness (QED) is 0.595. The third kappa shape index (κ3) is 2.94. The van der Waals surface area contributed by atoms with E-state index >= 15 is 0 Å². The van der Waals surface area contributed by atoms with Crippen LogP contribution in [-0.2, 0) is 4.74 Å². The highest BCUT2D eigenvalue weighted by Gasteiger charge is 2.17. The van der Waals surface area contributed by atoms with E-state index in [1.807, 2.05) is 0 Å². The molecule has 0 saturated carbocycles. The third-order valence-electron chi connectivity index (χ3n) is 2.89. The first-order chi connectivity index (χ1) is 8.16. The van der Waals surface area contributed by atoms with Gasteiger partial charge < -0.3 is 9.47 Å². The molecule has 0 aliphatic carbocycles. The molecule has 0 aromatic heterocycles. The summed E-state index contributed by atoms with van der Waals surface area (Å²) in [5.74, 6) is 0.949. The van der Waals surface area contributed by atoms with Gasteiger partial charge in [0.15, 0.2) is 0 Å². The summed E-state index contributed by atoms with van der Waals surface area (Å²) >= 11 is 0. The van der Waals surface area contributed by atoms with Crippen LogP contribution in [0.1, 0.15) is 12.0 Å². The number of ether oxygens (including phenoxy) is 2. The molecule has 1 atom stereocenters. The van der Waals surface area contributed by atoms with Gasteiger partial charge in [0.1, 0.15) is 5.75 Å². The fourth-order valence-corrected chi connectivity index (χ4v) is 1.80. The zero-order chi connectivity index (χ0) is 12.3. The number of nitrogens with zero attached hydrogens (tertiary/aromatic N) is 1. The van der Waals surface area contributed by atoms with Crippen LogP contribution in [0.5, 0.6) is 5.75 Å². The van der Waals surface area contributed by atoms with Crippen molar-refractivity contribution in [1.29, 1.82) is 0 Å². The molecule has 5 nitrogen and oxygen atoms in total. The van der Waals surface area contributed by atoms with E-state index in [0.717, 1.165) is 13.0 Å². The minimum absolute atomic E-state index is 0.102. The van der Waals surface area contributed by atoms with Gasteiger partial charge in [-0.15, -0.1) is 0 Å². The lowest BCUT2D eigenvalue weighted by molar-refractivity contribution is -0.385. The van der Waals surface area contributed by atoms with Crippen molar-refractivity contribution < 1.29 is 14.4 Å². The van der Waals surface area contributed by atoms with Crippen LogP contribution >= 0.6 is 0 Å². The number of nitro groups is 1. The maximum absolute atomic E-state index is 10.8. The topological polar surface area (TPSA) is 61.6 Å². The van der Waals surface area contributed by atoms with Gasteiger partial charge in [-0.1, -0.05) is 0 Å². The lowest BCUT2D eigenvalue weighted by Gasteiger charge is -2.10. The van der Waals surface area contributed by atoms with E-state index in [1.54, 1.807) is 19.1 Å². The van der Waals surface area contributed by atoms with Crippen LogP contribution < -0.4 is 4.74 Å². The van der Waals surface area contributed by atoms with Gasteiger partial charge in [0.05, 0.1) is 24.2 Å². The van der Waals surface area contributed by atoms with Crippen molar-refractivity contribution in [1.82, 2.24) is 0 Å². The van der Waals surface area contributed by atoms with Crippen molar-refractivity contribution in [2.24, 2.45) is 5.92 Å². The van der Waals surface area contributed by atoms with Gasteiger partial charge in [-0.25, -0.2) is 0 Å². The Labute approximate surface area is 99.5 Å². The molecule has 1 unspecified atom stereocenters. The predicted molar refractivity (Wildman–Crippen MR) is 62.3 cm³/mol. The minimum atomic E-state index is -0.388. The highest BCUT2D eigenvalue weighted by Crippen LogP contribution is 2.24. The summed E-state index contributed by atoms with van der Waals surface area (Å²) in [6.45, 7) is 3.77. The van der Waals surface area contributed by atoms with Crippen molar-refractivity contribution in [2.75, 3.05) is 19.8 Å². The van der Waals surface area contributed by atoms with Crippen molar-refractivity contribution in [2.45, 2.75) is 13.3 Å². The van der Waals surface area contributed by atoms with Crippen LogP contribution in [-0.4, -0.2) is 24.7 Å². The van der Waals surface area contributed by atoms with Gasteiger partial charge in [0, 0.05) is 18.1 Å². The maximum atomic E-state index is 10.8. The van der Waals surface area contributed by atoms with Crippen molar-refractivity contribution >= 4 is 5.69 Å². The van der Waals surface area contributed by atoms with Gasteiger partial charge in [-0.2, -0.15) is 0 Å². The molecule has 1 aromatic carbocycles. The van der Waals surface area contributed by atoms with Gasteiger partial charge >= 0.3 is 0 Å². The molecule has 1 heterocycles. The average Bonchev–Trinajstić information content (AvgIpc) is 2.80. The number of hydrogen-bond acceptors (Lipinski definition) is 4. The molecule has 1 aliphatic heterocycles. The summed E-state index contributed by atoms with van der Waals surface area (Å²) in [6, 6.07) is 4.95. The Morgan fingerprint density at radius 2 is 2.41 bits per heavy atom. The van der Waals surface area contributed by atoms with Crippen molar-refractivity contribution in [3.05, 3.63) is 33.9 Å². The number of nitro benzene ring substituents is 1. The van der Waals surface area contributed by atoms with E-state index in [-0.39, 0.29) is 10.6 Å². The van der Waals surface area contributed by atoms with Crippen LogP contribution in [0.15, 0.2) is 18.2 Å². The molecular formula is C12H15NO4.